The zero-order valence-corrected chi connectivity index (χ0v) is 21.3. The van der Waals surface area contributed by atoms with Crippen LogP contribution in [-0.2, 0) is 11.4 Å². The van der Waals surface area contributed by atoms with Crippen molar-refractivity contribution in [3.8, 4) is 28.4 Å². The Kier molecular flexibility index (Phi) is 6.90. The van der Waals surface area contributed by atoms with Gasteiger partial charge < -0.3 is 19.3 Å². The van der Waals surface area contributed by atoms with Crippen molar-refractivity contribution in [1.29, 1.82) is 0 Å². The number of aliphatic carboxylic acids is 1. The van der Waals surface area contributed by atoms with Gasteiger partial charge in [0.25, 0.3) is 0 Å². The normalized spacial score (nSPS) is 19.1. The van der Waals surface area contributed by atoms with Crippen molar-refractivity contribution in [2.24, 2.45) is 0 Å². The third-order valence-electron chi connectivity index (χ3n) is 7.39. The van der Waals surface area contributed by atoms with Crippen LogP contribution in [0.3, 0.4) is 0 Å². The van der Waals surface area contributed by atoms with Gasteiger partial charge in [-0.1, -0.05) is 24.3 Å². The molecule has 1 aliphatic heterocycles. The van der Waals surface area contributed by atoms with Crippen molar-refractivity contribution >= 4 is 5.97 Å². The van der Waals surface area contributed by atoms with Crippen LogP contribution in [0.25, 0.3) is 11.1 Å². The van der Waals surface area contributed by atoms with Gasteiger partial charge in [0.2, 0.25) is 0 Å². The number of rotatable bonds is 8. The summed E-state index contributed by atoms with van der Waals surface area (Å²) in [6, 6.07) is 18.5. The van der Waals surface area contributed by atoms with E-state index in [1.807, 2.05) is 25.1 Å². The zero-order chi connectivity index (χ0) is 25.2. The molecule has 5 heteroatoms. The number of carboxylic acids is 1. The Morgan fingerprint density at radius 1 is 1.00 bits per heavy atom. The van der Waals surface area contributed by atoms with Crippen LogP contribution in [0.2, 0.25) is 0 Å². The summed E-state index contributed by atoms with van der Waals surface area (Å²) < 4.78 is 18.3. The highest BCUT2D eigenvalue weighted by atomic mass is 16.5. The molecule has 5 rings (SSSR count). The van der Waals surface area contributed by atoms with Crippen LogP contribution >= 0.6 is 0 Å². The summed E-state index contributed by atoms with van der Waals surface area (Å²) in [5.41, 5.74) is 6.84. The zero-order valence-electron chi connectivity index (χ0n) is 21.3. The van der Waals surface area contributed by atoms with Crippen LogP contribution in [-0.4, -0.2) is 23.3 Å². The van der Waals surface area contributed by atoms with E-state index in [-0.39, 0.29) is 18.4 Å². The van der Waals surface area contributed by atoms with Crippen LogP contribution in [0, 0.1) is 13.8 Å². The van der Waals surface area contributed by atoms with Crippen molar-refractivity contribution in [2.75, 3.05) is 0 Å². The Labute approximate surface area is 213 Å². The summed E-state index contributed by atoms with van der Waals surface area (Å²) >= 11 is 0. The topological polar surface area (TPSA) is 65.0 Å². The number of aryl methyl sites for hydroxylation is 2. The molecule has 188 valence electrons. The predicted molar refractivity (Wildman–Crippen MR) is 140 cm³/mol. The van der Waals surface area contributed by atoms with Crippen LogP contribution in [0.15, 0.2) is 54.6 Å². The van der Waals surface area contributed by atoms with E-state index >= 15 is 0 Å². The van der Waals surface area contributed by atoms with E-state index in [1.54, 1.807) is 0 Å². The molecule has 0 saturated heterocycles. The molecule has 3 aromatic carbocycles. The SMILES string of the molecule is Cc1cc(OC2CCCC2)cc(C)c1-c1cccc(COc2ccc3c(c2)O[C@@H](C)C3CC(=O)O)c1. The minimum atomic E-state index is -0.815. The lowest BCUT2D eigenvalue weighted by Gasteiger charge is -2.17. The van der Waals surface area contributed by atoms with Crippen molar-refractivity contribution < 1.29 is 24.1 Å². The summed E-state index contributed by atoms with van der Waals surface area (Å²) in [6.45, 7) is 6.64. The molecule has 36 heavy (non-hydrogen) atoms. The molecule has 2 atom stereocenters. The molecule has 0 spiro atoms. The smallest absolute Gasteiger partial charge is 0.304 e. The number of ether oxygens (including phenoxy) is 3. The first kappa shape index (κ1) is 24.2. The number of carbonyl (C=O) groups is 1. The highest BCUT2D eigenvalue weighted by Gasteiger charge is 2.33. The number of benzene rings is 3. The molecule has 1 unspecified atom stereocenters. The predicted octanol–water partition coefficient (Wildman–Crippen LogP) is 7.21. The van der Waals surface area contributed by atoms with Gasteiger partial charge >= 0.3 is 5.97 Å². The van der Waals surface area contributed by atoms with Gasteiger partial charge in [-0.15, -0.1) is 0 Å². The molecule has 1 heterocycles. The van der Waals surface area contributed by atoms with Gasteiger partial charge in [0.1, 0.15) is 30.0 Å². The molecule has 0 bridgehead atoms. The summed E-state index contributed by atoms with van der Waals surface area (Å²) in [5, 5.41) is 9.21. The van der Waals surface area contributed by atoms with E-state index in [4.69, 9.17) is 14.2 Å². The van der Waals surface area contributed by atoms with Gasteiger partial charge in [-0.2, -0.15) is 0 Å². The fourth-order valence-corrected chi connectivity index (χ4v) is 5.64. The quantitative estimate of drug-likeness (QED) is 0.364. The van der Waals surface area contributed by atoms with Crippen LogP contribution in [0.4, 0.5) is 0 Å². The monoisotopic (exact) mass is 486 g/mol. The minimum Gasteiger partial charge on any atom is -0.490 e. The number of hydrogen-bond acceptors (Lipinski definition) is 4. The van der Waals surface area contributed by atoms with Crippen molar-refractivity contribution in [1.82, 2.24) is 0 Å². The second-order valence-corrected chi connectivity index (χ2v) is 10.2. The molecule has 3 aromatic rings. The Morgan fingerprint density at radius 2 is 1.75 bits per heavy atom. The molecule has 0 amide bonds. The molecular formula is C31H34O5. The first-order chi connectivity index (χ1) is 17.4. The maximum absolute atomic E-state index is 11.2. The first-order valence-electron chi connectivity index (χ1n) is 12.9. The second kappa shape index (κ2) is 10.3. The molecule has 1 N–H and O–H groups in total. The maximum atomic E-state index is 11.2. The maximum Gasteiger partial charge on any atom is 0.304 e. The highest BCUT2D eigenvalue weighted by molar-refractivity contribution is 5.72. The summed E-state index contributed by atoms with van der Waals surface area (Å²) in [6.07, 6.45) is 5.08. The summed E-state index contributed by atoms with van der Waals surface area (Å²) in [7, 11) is 0. The van der Waals surface area contributed by atoms with E-state index in [0.717, 1.165) is 29.7 Å². The lowest BCUT2D eigenvalue weighted by Crippen LogP contribution is -2.17. The Hall–Kier alpha value is -3.47. The first-order valence-corrected chi connectivity index (χ1v) is 12.9. The van der Waals surface area contributed by atoms with Crippen molar-refractivity contribution in [3.63, 3.8) is 0 Å². The second-order valence-electron chi connectivity index (χ2n) is 10.2. The highest BCUT2D eigenvalue weighted by Crippen LogP contribution is 2.42. The van der Waals surface area contributed by atoms with Gasteiger partial charge in [-0.3, -0.25) is 4.79 Å². The lowest BCUT2D eigenvalue weighted by atomic mass is 9.93. The molecule has 0 radical (unpaired) electrons. The lowest BCUT2D eigenvalue weighted by molar-refractivity contribution is -0.137. The van der Waals surface area contributed by atoms with Gasteiger partial charge in [-0.05, 0) is 98.5 Å². The van der Waals surface area contributed by atoms with E-state index in [2.05, 4.69) is 50.2 Å². The number of carboxylic acid groups (broad SMARTS) is 1. The average molecular weight is 487 g/mol. The number of hydrogen-bond donors (Lipinski definition) is 1. The van der Waals surface area contributed by atoms with Gasteiger partial charge in [0, 0.05) is 17.5 Å². The van der Waals surface area contributed by atoms with Crippen molar-refractivity contribution in [2.45, 2.75) is 77.6 Å². The fraction of sp³-hybridized carbons (Fsp3) is 0.387. The third kappa shape index (κ3) is 5.20. The molecular weight excluding hydrogens is 452 g/mol. The molecule has 1 aliphatic carbocycles. The van der Waals surface area contributed by atoms with Crippen LogP contribution in [0.5, 0.6) is 17.2 Å². The van der Waals surface area contributed by atoms with Crippen LogP contribution in [0.1, 0.15) is 67.2 Å². The molecule has 2 aliphatic rings. The van der Waals surface area contributed by atoms with E-state index in [1.165, 1.54) is 35.1 Å². The summed E-state index contributed by atoms with van der Waals surface area (Å²) in [5.74, 6) is 1.45. The summed E-state index contributed by atoms with van der Waals surface area (Å²) in [4.78, 5) is 11.2. The van der Waals surface area contributed by atoms with Gasteiger partial charge in [-0.25, -0.2) is 0 Å². The molecule has 1 fully saturated rings. The largest absolute Gasteiger partial charge is 0.490 e. The van der Waals surface area contributed by atoms with Gasteiger partial charge in [0.05, 0.1) is 12.5 Å². The van der Waals surface area contributed by atoms with Crippen molar-refractivity contribution in [3.05, 3.63) is 76.9 Å². The van der Waals surface area contributed by atoms with Gasteiger partial charge in [0.15, 0.2) is 0 Å². The Bertz CT molecular complexity index is 1230. The van der Waals surface area contributed by atoms with Crippen LogP contribution < -0.4 is 14.2 Å². The Morgan fingerprint density at radius 3 is 2.47 bits per heavy atom. The van der Waals surface area contributed by atoms with E-state index in [9.17, 15) is 9.90 Å². The molecule has 1 saturated carbocycles. The Balaban J connectivity index is 1.29. The fourth-order valence-electron chi connectivity index (χ4n) is 5.64. The van der Waals surface area contributed by atoms with E-state index < -0.39 is 5.97 Å². The molecule has 5 nitrogen and oxygen atoms in total. The minimum absolute atomic E-state index is 0.0632. The standard InChI is InChI=1S/C31H34O5/c1-19-13-26(36-24-9-4-5-10-24)14-20(2)31(19)23-8-6-7-22(15-23)18-34-25-11-12-27-28(17-30(32)33)21(3)35-29(27)16-25/h6-8,11-16,21,24,28H,4-5,9-10,17-18H2,1-3H3,(H,32,33)/t21-,28?/m0/s1. The third-order valence-corrected chi connectivity index (χ3v) is 7.39. The number of fused-ring (bicyclic) bond motifs is 1. The average Bonchev–Trinajstić information content (AvgIpc) is 3.44. The van der Waals surface area contributed by atoms with E-state index in [0.29, 0.717) is 24.2 Å². The molecule has 0 aromatic heterocycles.